The van der Waals surface area contributed by atoms with Gasteiger partial charge in [-0.15, -0.1) is 0 Å². The Balaban J connectivity index is 2.56. The van der Waals surface area contributed by atoms with Crippen LogP contribution in [0.3, 0.4) is 0 Å². The Labute approximate surface area is 105 Å². The lowest BCUT2D eigenvalue weighted by Gasteiger charge is -2.09. The van der Waals surface area contributed by atoms with E-state index in [1.54, 1.807) is 6.07 Å². The Morgan fingerprint density at radius 2 is 2.06 bits per heavy atom. The fraction of sp³-hybridized carbons (Fsp3) is 0.154. The molecule has 0 saturated heterocycles. The number of nitrogens with zero attached hydrogens (tertiary/aromatic N) is 1. The number of halogens is 1. The van der Waals surface area contributed by atoms with Crippen LogP contribution in [0.25, 0.3) is 11.3 Å². The predicted octanol–water partition coefficient (Wildman–Crippen LogP) is 2.75. The first-order chi connectivity index (χ1) is 8.11. The maximum atomic E-state index is 6.04. The van der Waals surface area contributed by atoms with Gasteiger partial charge in [0.15, 0.2) is 0 Å². The highest BCUT2D eigenvalue weighted by molar-refractivity contribution is 6.30. The number of hydrogen-bond donors (Lipinski definition) is 2. The summed E-state index contributed by atoms with van der Waals surface area (Å²) in [6.07, 6.45) is 0. The Morgan fingerprint density at radius 3 is 2.71 bits per heavy atom. The highest BCUT2D eigenvalue weighted by Crippen LogP contribution is 2.28. The monoisotopic (exact) mass is 247 g/mol. The molecule has 3 nitrogen and oxygen atoms in total. The third-order valence-corrected chi connectivity index (χ3v) is 2.92. The Bertz CT molecular complexity index is 552. The van der Waals surface area contributed by atoms with Gasteiger partial charge in [-0.1, -0.05) is 35.4 Å². The summed E-state index contributed by atoms with van der Waals surface area (Å²) in [5.41, 5.74) is 15.7. The average molecular weight is 248 g/mol. The maximum Gasteiger partial charge on any atom is 0.134 e. The van der Waals surface area contributed by atoms with Crippen LogP contribution in [0.4, 0.5) is 5.69 Å². The molecule has 1 aromatic carbocycles. The van der Waals surface area contributed by atoms with E-state index < -0.39 is 0 Å². The minimum absolute atomic E-state index is 0.337. The molecule has 0 atom stereocenters. The van der Waals surface area contributed by atoms with Crippen molar-refractivity contribution in [1.82, 2.24) is 4.98 Å². The van der Waals surface area contributed by atoms with E-state index in [0.717, 1.165) is 16.7 Å². The third kappa shape index (κ3) is 2.40. The summed E-state index contributed by atoms with van der Waals surface area (Å²) in [5.74, 6) is 0. The highest BCUT2D eigenvalue weighted by Gasteiger charge is 2.09. The molecule has 4 N–H and O–H groups in total. The number of rotatable bonds is 2. The van der Waals surface area contributed by atoms with Crippen LogP contribution < -0.4 is 11.5 Å². The summed E-state index contributed by atoms with van der Waals surface area (Å²) in [4.78, 5) is 4.32. The van der Waals surface area contributed by atoms with Crippen molar-refractivity contribution < 1.29 is 0 Å². The topological polar surface area (TPSA) is 64.9 Å². The molecule has 0 aliphatic heterocycles. The van der Waals surface area contributed by atoms with Crippen LogP contribution >= 0.6 is 11.6 Å². The molecule has 0 aliphatic carbocycles. The van der Waals surface area contributed by atoms with E-state index in [2.05, 4.69) is 4.98 Å². The SMILES string of the molecule is Cc1cccc(-c2nc(Cl)c(CN)cc2N)c1. The zero-order chi connectivity index (χ0) is 12.4. The molecule has 0 amide bonds. The molecule has 88 valence electrons. The second kappa shape index (κ2) is 4.73. The molecular formula is C13H14ClN3. The number of anilines is 1. The minimum atomic E-state index is 0.337. The number of aryl methyl sites for hydroxylation is 1. The Kier molecular flexibility index (Phi) is 3.31. The standard InChI is InChI=1S/C13H14ClN3/c1-8-3-2-4-9(5-8)12-11(16)6-10(7-15)13(14)17-12/h2-6H,7,15-16H2,1H3. The summed E-state index contributed by atoms with van der Waals surface area (Å²) in [6.45, 7) is 2.36. The molecular weight excluding hydrogens is 234 g/mol. The summed E-state index contributed by atoms with van der Waals surface area (Å²) in [5, 5.41) is 0.415. The van der Waals surface area contributed by atoms with Crippen molar-refractivity contribution in [3.05, 3.63) is 46.6 Å². The second-order valence-corrected chi connectivity index (χ2v) is 4.31. The highest BCUT2D eigenvalue weighted by atomic mass is 35.5. The van der Waals surface area contributed by atoms with Gasteiger partial charge < -0.3 is 11.5 Å². The van der Waals surface area contributed by atoms with Crippen molar-refractivity contribution in [3.63, 3.8) is 0 Å². The van der Waals surface area contributed by atoms with Crippen LogP contribution in [-0.2, 0) is 6.54 Å². The summed E-state index contributed by atoms with van der Waals surface area (Å²) < 4.78 is 0. The second-order valence-electron chi connectivity index (χ2n) is 3.95. The molecule has 2 rings (SSSR count). The molecule has 0 spiro atoms. The lowest BCUT2D eigenvalue weighted by atomic mass is 10.1. The van der Waals surface area contributed by atoms with Gasteiger partial charge in [-0.2, -0.15) is 0 Å². The first-order valence-corrected chi connectivity index (χ1v) is 5.71. The smallest absolute Gasteiger partial charge is 0.134 e. The van der Waals surface area contributed by atoms with Gasteiger partial charge in [0.25, 0.3) is 0 Å². The molecule has 0 unspecified atom stereocenters. The van der Waals surface area contributed by atoms with E-state index in [9.17, 15) is 0 Å². The number of pyridine rings is 1. The zero-order valence-electron chi connectivity index (χ0n) is 9.57. The summed E-state index contributed by atoms with van der Waals surface area (Å²) in [6, 6.07) is 9.76. The van der Waals surface area contributed by atoms with E-state index in [1.807, 2.05) is 31.2 Å². The van der Waals surface area contributed by atoms with Gasteiger partial charge in [-0.3, -0.25) is 0 Å². The molecule has 1 aromatic heterocycles. The number of aromatic nitrogens is 1. The number of nitrogen functional groups attached to an aromatic ring is 1. The molecule has 0 fully saturated rings. The van der Waals surface area contributed by atoms with Gasteiger partial charge in [0.2, 0.25) is 0 Å². The molecule has 1 heterocycles. The normalized spacial score (nSPS) is 10.5. The van der Waals surface area contributed by atoms with Crippen molar-refractivity contribution in [3.8, 4) is 11.3 Å². The van der Waals surface area contributed by atoms with Crippen molar-refractivity contribution in [2.75, 3.05) is 5.73 Å². The van der Waals surface area contributed by atoms with Crippen LogP contribution in [0.2, 0.25) is 5.15 Å². The molecule has 17 heavy (non-hydrogen) atoms. The largest absolute Gasteiger partial charge is 0.397 e. The lowest BCUT2D eigenvalue weighted by molar-refractivity contribution is 1.05. The molecule has 2 aromatic rings. The van der Waals surface area contributed by atoms with Crippen LogP contribution in [0.15, 0.2) is 30.3 Å². The van der Waals surface area contributed by atoms with E-state index >= 15 is 0 Å². The van der Waals surface area contributed by atoms with E-state index in [-0.39, 0.29) is 0 Å². The quantitative estimate of drug-likeness (QED) is 0.802. The number of hydrogen-bond acceptors (Lipinski definition) is 3. The zero-order valence-corrected chi connectivity index (χ0v) is 10.3. The molecule has 4 heteroatoms. The minimum Gasteiger partial charge on any atom is -0.397 e. The van der Waals surface area contributed by atoms with Gasteiger partial charge >= 0.3 is 0 Å². The van der Waals surface area contributed by atoms with E-state index in [0.29, 0.717) is 23.1 Å². The Morgan fingerprint density at radius 1 is 1.29 bits per heavy atom. The van der Waals surface area contributed by atoms with Crippen molar-refractivity contribution in [2.45, 2.75) is 13.5 Å². The maximum absolute atomic E-state index is 6.04. The molecule has 0 radical (unpaired) electrons. The van der Waals surface area contributed by atoms with Crippen LogP contribution in [0.1, 0.15) is 11.1 Å². The fourth-order valence-corrected chi connectivity index (χ4v) is 1.93. The number of nitrogens with two attached hydrogens (primary N) is 2. The fourth-order valence-electron chi connectivity index (χ4n) is 1.72. The lowest BCUT2D eigenvalue weighted by Crippen LogP contribution is -2.02. The van der Waals surface area contributed by atoms with Gasteiger partial charge in [0.1, 0.15) is 5.15 Å². The molecule has 0 aliphatic rings. The van der Waals surface area contributed by atoms with Crippen LogP contribution in [0.5, 0.6) is 0 Å². The summed E-state index contributed by atoms with van der Waals surface area (Å²) in [7, 11) is 0. The average Bonchev–Trinajstić information content (AvgIpc) is 2.31. The number of benzene rings is 1. The summed E-state index contributed by atoms with van der Waals surface area (Å²) >= 11 is 6.04. The van der Waals surface area contributed by atoms with E-state index in [4.69, 9.17) is 23.1 Å². The van der Waals surface area contributed by atoms with Gasteiger partial charge in [0.05, 0.1) is 11.4 Å². The van der Waals surface area contributed by atoms with Gasteiger partial charge in [-0.05, 0) is 19.1 Å². The first-order valence-electron chi connectivity index (χ1n) is 5.34. The molecule has 0 bridgehead atoms. The van der Waals surface area contributed by atoms with Crippen molar-refractivity contribution in [2.24, 2.45) is 5.73 Å². The third-order valence-electron chi connectivity index (χ3n) is 2.59. The first kappa shape index (κ1) is 11.9. The van der Waals surface area contributed by atoms with Crippen LogP contribution in [-0.4, -0.2) is 4.98 Å². The van der Waals surface area contributed by atoms with Crippen molar-refractivity contribution >= 4 is 17.3 Å². The van der Waals surface area contributed by atoms with Gasteiger partial charge in [-0.25, -0.2) is 4.98 Å². The van der Waals surface area contributed by atoms with Crippen molar-refractivity contribution in [1.29, 1.82) is 0 Å². The molecule has 0 saturated carbocycles. The van der Waals surface area contributed by atoms with Crippen LogP contribution in [0, 0.1) is 6.92 Å². The van der Waals surface area contributed by atoms with E-state index in [1.165, 1.54) is 0 Å². The van der Waals surface area contributed by atoms with Gasteiger partial charge in [0, 0.05) is 17.7 Å². The Hall–Kier alpha value is -1.58. The predicted molar refractivity (Wildman–Crippen MR) is 71.7 cm³/mol.